The quantitative estimate of drug-likeness (QED) is 0.884. The number of hydrogen-bond donors (Lipinski definition) is 1. The molecule has 0 atom stereocenters. The summed E-state index contributed by atoms with van der Waals surface area (Å²) in [5, 5.41) is 3.16. The normalized spacial score (nSPS) is 11.0. The van der Waals surface area contributed by atoms with Crippen LogP contribution in [0.4, 0.5) is 0 Å². The maximum atomic E-state index is 3.48. The Kier molecular flexibility index (Phi) is 5.29. The van der Waals surface area contributed by atoms with Crippen LogP contribution in [-0.4, -0.2) is 32.1 Å². The van der Waals surface area contributed by atoms with E-state index in [1.807, 2.05) is 7.05 Å². The minimum atomic E-state index is 1.01. The molecule has 0 aliphatic rings. The lowest BCUT2D eigenvalue weighted by atomic mass is 10.1. The first-order valence-corrected chi connectivity index (χ1v) is 6.01. The van der Waals surface area contributed by atoms with Crippen LogP contribution >= 0.6 is 15.9 Å². The third kappa shape index (κ3) is 4.33. The Morgan fingerprint density at radius 3 is 2.73 bits per heavy atom. The highest BCUT2D eigenvalue weighted by molar-refractivity contribution is 9.10. The predicted molar refractivity (Wildman–Crippen MR) is 69.1 cm³/mol. The molecule has 0 radical (unpaired) electrons. The Hall–Kier alpha value is -0.380. The molecule has 1 aromatic rings. The van der Waals surface area contributed by atoms with Gasteiger partial charge in [0, 0.05) is 24.1 Å². The molecule has 0 fully saturated rings. The second kappa shape index (κ2) is 6.26. The summed E-state index contributed by atoms with van der Waals surface area (Å²) in [5.41, 5.74) is 2.75. The maximum Gasteiger partial charge on any atom is 0.0233 e. The van der Waals surface area contributed by atoms with Crippen molar-refractivity contribution in [2.75, 3.05) is 27.2 Å². The topological polar surface area (TPSA) is 15.3 Å². The summed E-state index contributed by atoms with van der Waals surface area (Å²) in [4.78, 5) is 2.33. The summed E-state index contributed by atoms with van der Waals surface area (Å²) in [6.07, 6.45) is 0. The van der Waals surface area contributed by atoms with E-state index in [1.165, 1.54) is 11.1 Å². The molecule has 15 heavy (non-hydrogen) atoms. The maximum absolute atomic E-state index is 3.48. The van der Waals surface area contributed by atoms with Crippen LogP contribution in [0.3, 0.4) is 0 Å². The molecule has 1 N–H and O–H groups in total. The van der Waals surface area contributed by atoms with Crippen molar-refractivity contribution in [1.82, 2.24) is 10.2 Å². The summed E-state index contributed by atoms with van der Waals surface area (Å²) in [6.45, 7) is 5.28. The largest absolute Gasteiger partial charge is 0.318 e. The fraction of sp³-hybridized carbons (Fsp3) is 0.500. The van der Waals surface area contributed by atoms with Gasteiger partial charge in [-0.15, -0.1) is 0 Å². The number of halogens is 1. The molecule has 3 heteroatoms. The predicted octanol–water partition coefficient (Wildman–Crippen LogP) is 2.41. The van der Waals surface area contributed by atoms with Gasteiger partial charge in [0.15, 0.2) is 0 Å². The number of likely N-dealkylation sites (N-methyl/N-ethyl adjacent to an activating group) is 2. The third-order valence-electron chi connectivity index (χ3n) is 2.49. The smallest absolute Gasteiger partial charge is 0.0233 e. The van der Waals surface area contributed by atoms with Crippen LogP contribution in [0, 0.1) is 6.92 Å². The number of benzene rings is 1. The number of hydrogen-bond acceptors (Lipinski definition) is 2. The minimum Gasteiger partial charge on any atom is -0.318 e. The Morgan fingerprint density at radius 2 is 2.13 bits per heavy atom. The third-order valence-corrected chi connectivity index (χ3v) is 2.98. The van der Waals surface area contributed by atoms with E-state index in [4.69, 9.17) is 0 Å². The monoisotopic (exact) mass is 270 g/mol. The lowest BCUT2D eigenvalue weighted by molar-refractivity contribution is 0.327. The molecular weight excluding hydrogens is 252 g/mol. The molecule has 0 saturated heterocycles. The summed E-state index contributed by atoms with van der Waals surface area (Å²) < 4.78 is 1.15. The highest BCUT2D eigenvalue weighted by atomic mass is 79.9. The van der Waals surface area contributed by atoms with Crippen LogP contribution in [0.1, 0.15) is 11.1 Å². The zero-order valence-electron chi connectivity index (χ0n) is 9.68. The molecule has 0 aliphatic carbocycles. The summed E-state index contributed by atoms with van der Waals surface area (Å²) in [7, 11) is 4.14. The van der Waals surface area contributed by atoms with E-state index in [2.05, 4.69) is 58.3 Å². The zero-order chi connectivity index (χ0) is 11.3. The molecule has 0 aliphatic heterocycles. The molecule has 1 aromatic carbocycles. The second-order valence-corrected chi connectivity index (χ2v) is 4.83. The van der Waals surface area contributed by atoms with Gasteiger partial charge >= 0.3 is 0 Å². The molecular formula is C12H19BrN2. The molecule has 84 valence electrons. The van der Waals surface area contributed by atoms with E-state index in [9.17, 15) is 0 Å². The number of rotatable bonds is 5. The molecule has 0 unspecified atom stereocenters. The van der Waals surface area contributed by atoms with Gasteiger partial charge in [-0.3, -0.25) is 0 Å². The Morgan fingerprint density at radius 1 is 1.40 bits per heavy atom. The lowest BCUT2D eigenvalue weighted by Crippen LogP contribution is -2.27. The van der Waals surface area contributed by atoms with Crippen molar-refractivity contribution in [3.63, 3.8) is 0 Å². The molecule has 1 rings (SSSR count). The molecule has 2 nitrogen and oxygen atoms in total. The van der Waals surface area contributed by atoms with Crippen molar-refractivity contribution in [3.8, 4) is 0 Å². The Balaban J connectivity index is 2.56. The van der Waals surface area contributed by atoms with Crippen LogP contribution in [-0.2, 0) is 6.54 Å². The van der Waals surface area contributed by atoms with Crippen molar-refractivity contribution in [2.45, 2.75) is 13.5 Å². The van der Waals surface area contributed by atoms with Gasteiger partial charge in [-0.25, -0.2) is 0 Å². The van der Waals surface area contributed by atoms with E-state index in [0.717, 1.165) is 24.1 Å². The molecule has 0 aromatic heterocycles. The van der Waals surface area contributed by atoms with Gasteiger partial charge in [0.1, 0.15) is 0 Å². The number of nitrogens with zero attached hydrogens (tertiary/aromatic N) is 1. The number of aryl methyl sites for hydroxylation is 1. The van der Waals surface area contributed by atoms with Gasteiger partial charge in [0.25, 0.3) is 0 Å². The van der Waals surface area contributed by atoms with Crippen molar-refractivity contribution < 1.29 is 0 Å². The Bertz CT molecular complexity index is 312. The van der Waals surface area contributed by atoms with E-state index in [0.29, 0.717) is 0 Å². The van der Waals surface area contributed by atoms with E-state index in [-0.39, 0.29) is 0 Å². The van der Waals surface area contributed by atoms with Crippen LogP contribution < -0.4 is 5.32 Å². The first-order valence-electron chi connectivity index (χ1n) is 5.21. The van der Waals surface area contributed by atoms with Gasteiger partial charge in [-0.05, 0) is 44.3 Å². The molecule has 0 spiro atoms. The van der Waals surface area contributed by atoms with Gasteiger partial charge in [-0.1, -0.05) is 22.0 Å². The minimum absolute atomic E-state index is 1.01. The molecule has 0 bridgehead atoms. The van der Waals surface area contributed by atoms with Crippen molar-refractivity contribution in [1.29, 1.82) is 0 Å². The van der Waals surface area contributed by atoms with E-state index in [1.54, 1.807) is 0 Å². The summed E-state index contributed by atoms with van der Waals surface area (Å²) in [6, 6.07) is 6.46. The van der Waals surface area contributed by atoms with Crippen molar-refractivity contribution in [2.24, 2.45) is 0 Å². The zero-order valence-corrected chi connectivity index (χ0v) is 11.3. The number of nitrogens with one attached hydrogen (secondary N) is 1. The molecule has 0 saturated carbocycles. The van der Waals surface area contributed by atoms with E-state index < -0.39 is 0 Å². The molecule has 0 heterocycles. The highest BCUT2D eigenvalue weighted by Crippen LogP contribution is 2.16. The highest BCUT2D eigenvalue weighted by Gasteiger charge is 2.02. The van der Waals surface area contributed by atoms with E-state index >= 15 is 0 Å². The average molecular weight is 271 g/mol. The first-order chi connectivity index (χ1) is 7.13. The van der Waals surface area contributed by atoms with Gasteiger partial charge in [0.2, 0.25) is 0 Å². The summed E-state index contributed by atoms with van der Waals surface area (Å²) in [5.74, 6) is 0. The lowest BCUT2D eigenvalue weighted by Gasteiger charge is -2.17. The van der Waals surface area contributed by atoms with Crippen LogP contribution in [0.2, 0.25) is 0 Å². The average Bonchev–Trinajstić information content (AvgIpc) is 2.19. The van der Waals surface area contributed by atoms with Crippen molar-refractivity contribution >= 4 is 15.9 Å². The first kappa shape index (κ1) is 12.7. The van der Waals surface area contributed by atoms with Crippen LogP contribution in [0.25, 0.3) is 0 Å². The summed E-state index contributed by atoms with van der Waals surface area (Å²) >= 11 is 3.48. The fourth-order valence-corrected chi connectivity index (χ4v) is 1.98. The standard InChI is InChI=1S/C12H19BrN2/c1-10-8-12(13)5-4-11(10)9-15(3)7-6-14-2/h4-5,8,14H,6-7,9H2,1-3H3. The second-order valence-electron chi connectivity index (χ2n) is 3.91. The van der Waals surface area contributed by atoms with Crippen LogP contribution in [0.5, 0.6) is 0 Å². The fourth-order valence-electron chi connectivity index (χ4n) is 1.51. The Labute approximate surface area is 101 Å². The van der Waals surface area contributed by atoms with Crippen molar-refractivity contribution in [3.05, 3.63) is 33.8 Å². The van der Waals surface area contributed by atoms with Gasteiger partial charge in [0.05, 0.1) is 0 Å². The van der Waals surface area contributed by atoms with Crippen LogP contribution in [0.15, 0.2) is 22.7 Å². The SMILES string of the molecule is CNCCN(C)Cc1ccc(Br)cc1C. The van der Waals surface area contributed by atoms with Gasteiger partial charge in [-0.2, -0.15) is 0 Å². The van der Waals surface area contributed by atoms with Gasteiger partial charge < -0.3 is 10.2 Å². The molecule has 0 amide bonds.